The van der Waals surface area contributed by atoms with Gasteiger partial charge in [-0.15, -0.1) is 0 Å². The highest BCUT2D eigenvalue weighted by Gasteiger charge is 2.45. The number of rotatable bonds is 16. The summed E-state index contributed by atoms with van der Waals surface area (Å²) in [5, 5.41) is 58.2. The number of benzene rings is 2. The molecule has 1 fully saturated rings. The fourth-order valence-electron chi connectivity index (χ4n) is 10.3. The number of fused-ring (bicyclic) bond motifs is 5. The molecule has 4 heterocycles. The second kappa shape index (κ2) is 30.2. The molecule has 16 N–H and O–H groups in total. The maximum Gasteiger partial charge on any atom is 0.246 e. The van der Waals surface area contributed by atoms with Gasteiger partial charge in [-0.2, -0.15) is 0 Å². The first-order chi connectivity index (χ1) is 41.4. The highest BCUT2D eigenvalue weighted by atomic mass is 32.2. The van der Waals surface area contributed by atoms with Crippen molar-refractivity contribution in [1.82, 2.24) is 57.7 Å². The molecule has 11 amide bonds. The van der Waals surface area contributed by atoms with E-state index in [1.807, 2.05) is 34.6 Å². The second-order valence-corrected chi connectivity index (χ2v) is 25.4. The zero-order valence-corrected chi connectivity index (χ0v) is 51.5. The number of nitrogens with two attached hydrogens (primary N) is 1. The minimum Gasteiger partial charge on any atom is -0.489 e. The number of ether oxygens (including phenoxy) is 1. The van der Waals surface area contributed by atoms with Crippen molar-refractivity contribution in [2.45, 2.75) is 166 Å². The maximum atomic E-state index is 15.1. The van der Waals surface area contributed by atoms with E-state index in [1.165, 1.54) is 13.0 Å². The van der Waals surface area contributed by atoms with Gasteiger partial charge in [-0.25, -0.2) is 0 Å². The smallest absolute Gasteiger partial charge is 0.246 e. The Balaban J connectivity index is 1.41. The number of anilines is 1. The van der Waals surface area contributed by atoms with Crippen LogP contribution in [0.15, 0.2) is 47.5 Å². The number of aliphatic hydroxyl groups is 3. The number of hydrogen-bond donors (Lipinski definition) is 15. The van der Waals surface area contributed by atoms with Crippen LogP contribution < -0.4 is 63.6 Å². The van der Waals surface area contributed by atoms with Crippen LogP contribution in [0.2, 0.25) is 0 Å². The Bertz CT molecular complexity index is 3130. The van der Waals surface area contributed by atoms with Crippen molar-refractivity contribution in [2.24, 2.45) is 23.5 Å². The zero-order chi connectivity index (χ0) is 65.1. The van der Waals surface area contributed by atoms with Crippen molar-refractivity contribution in [1.29, 1.82) is 0 Å². The Labute approximate surface area is 511 Å². The molecule has 0 aliphatic carbocycles. The summed E-state index contributed by atoms with van der Waals surface area (Å²) >= 11 is 0. The molecule has 88 heavy (non-hydrogen) atoms. The quantitative estimate of drug-likeness (QED) is 0.0672. The lowest BCUT2D eigenvalue weighted by Gasteiger charge is -2.32. The van der Waals surface area contributed by atoms with Gasteiger partial charge in [0.15, 0.2) is 0 Å². The van der Waals surface area contributed by atoms with E-state index in [1.54, 1.807) is 57.2 Å². The summed E-state index contributed by atoms with van der Waals surface area (Å²) in [6.45, 7) is 12.9. The third-order valence-electron chi connectivity index (χ3n) is 15.4. The van der Waals surface area contributed by atoms with Gasteiger partial charge in [0.05, 0.1) is 66.4 Å². The standard InChI is InChI=1S/C58H83N13O16S/c1-10-28(4)47-53(82)61-21-44(76)64-40-26-88(86)56-36(35-16-15-34(18-37(35)67-56)87-25-31-11-13-32(14-12-31)63-49(78)30(6)62-54(83)46(27(2)3)70-58(7,8)9)19-38(50(79)60-22-45(77)68-47)65-55(84)48(29(5)42(74)24-72)69-52(81)41-17-33(73)23-71(41)57(85)39(20-43(59)75)66-51(40)80/h11-16,18,27-30,33,38-42,46-48,67,70,72-74H,10,17,19-26H2,1-9H3,(H2,59,75)(H,60,79)(H,61,82)(H,62,83)(H,63,78)(H,64,76)(H,65,84)(H,66,80)(H,68,77)(H,69,81)/t28-,29-,30-,33+,38-,39-,40-,41-,42-,46-,47-,48-,88?/m0/s1. The highest BCUT2D eigenvalue weighted by Crippen LogP contribution is 2.31. The molecule has 2 aromatic carbocycles. The van der Waals surface area contributed by atoms with E-state index in [0.29, 0.717) is 17.7 Å². The molecular weight excluding hydrogens is 1170 g/mol. The molecule has 1 unspecified atom stereocenters. The summed E-state index contributed by atoms with van der Waals surface area (Å²) in [5.41, 5.74) is 6.62. The second-order valence-electron chi connectivity index (χ2n) is 23.9. The van der Waals surface area contributed by atoms with Gasteiger partial charge >= 0.3 is 0 Å². The number of carbonyl (C=O) groups is 11. The summed E-state index contributed by atoms with van der Waals surface area (Å²) in [5.74, 6) is -12.6. The summed E-state index contributed by atoms with van der Waals surface area (Å²) in [6.07, 6.45) is -4.59. The van der Waals surface area contributed by atoms with Gasteiger partial charge in [0, 0.05) is 48.0 Å². The molecule has 1 saturated heterocycles. The summed E-state index contributed by atoms with van der Waals surface area (Å²) in [4.78, 5) is 157. The van der Waals surface area contributed by atoms with Crippen molar-refractivity contribution < 1.29 is 77.0 Å². The number of nitrogens with zero attached hydrogens (tertiary/aromatic N) is 1. The van der Waals surface area contributed by atoms with Gasteiger partial charge in [0.2, 0.25) is 65.0 Å². The number of aromatic nitrogens is 1. The lowest BCUT2D eigenvalue weighted by molar-refractivity contribution is -0.144. The van der Waals surface area contributed by atoms with E-state index in [9.17, 15) is 68.1 Å². The topological polar surface area (TPSA) is 440 Å². The molecule has 30 heteroatoms. The van der Waals surface area contributed by atoms with Gasteiger partial charge in [0.1, 0.15) is 59.7 Å². The SMILES string of the molecule is CC[C@H](C)[C@@H]1NC(=O)CNC(=O)[C@@H]2Cc3c([nH]c4cc(OCc5ccc(NC(=O)[C@H](C)NC(=O)[C@@H](NC(C)(C)C)C(C)C)cc5)ccc34)S(=O)C[C@H](NC(=O)CNC1=O)C(=O)N[C@@H](CC(N)=O)C(=O)N1C[C@H](O)C[C@H]1C(=O)N[C@@H]([C@@H](C)[C@@H](O)CO)C(=O)N2. The minimum atomic E-state index is -2.45. The van der Waals surface area contributed by atoms with Crippen molar-refractivity contribution in [3.8, 4) is 5.75 Å². The predicted octanol–water partition coefficient (Wildman–Crippen LogP) is -3.19. The molecule has 0 radical (unpaired) electrons. The molecule has 1 aromatic heterocycles. The van der Waals surface area contributed by atoms with Crippen molar-refractivity contribution in [3.63, 3.8) is 0 Å². The normalized spacial score (nSPS) is 24.8. The number of aromatic amines is 1. The van der Waals surface area contributed by atoms with Gasteiger partial charge in [0.25, 0.3) is 0 Å². The van der Waals surface area contributed by atoms with E-state index < -0.39 is 194 Å². The monoisotopic (exact) mass is 1250 g/mol. The van der Waals surface area contributed by atoms with Crippen LogP contribution in [0.25, 0.3) is 10.9 Å². The fraction of sp³-hybridized carbons (Fsp3) is 0.569. The molecule has 29 nitrogen and oxygen atoms in total. The first kappa shape index (κ1) is 69.0. The van der Waals surface area contributed by atoms with Crippen LogP contribution >= 0.6 is 0 Å². The third-order valence-corrected chi connectivity index (χ3v) is 16.9. The number of H-pyrrole nitrogens is 1. The van der Waals surface area contributed by atoms with Gasteiger partial charge in [-0.3, -0.25) is 56.9 Å². The minimum absolute atomic E-state index is 0.0216. The first-order valence-electron chi connectivity index (χ1n) is 29.1. The Morgan fingerprint density at radius 1 is 0.807 bits per heavy atom. The average molecular weight is 1250 g/mol. The van der Waals surface area contributed by atoms with Gasteiger partial charge < -0.3 is 88.8 Å². The molecule has 6 rings (SSSR count). The molecular formula is C58H83N13O16S. The number of primary amides is 1. The zero-order valence-electron chi connectivity index (χ0n) is 50.7. The van der Waals surface area contributed by atoms with E-state index >= 15 is 4.21 Å². The van der Waals surface area contributed by atoms with E-state index in [4.69, 9.17) is 10.5 Å². The van der Waals surface area contributed by atoms with Gasteiger partial charge in [-0.05, 0) is 74.9 Å². The van der Waals surface area contributed by atoms with Crippen LogP contribution in [0.3, 0.4) is 0 Å². The molecule has 3 aromatic rings. The lowest BCUT2D eigenvalue weighted by Crippen LogP contribution is -2.62. The third kappa shape index (κ3) is 18.3. The van der Waals surface area contributed by atoms with E-state index in [0.717, 1.165) is 4.90 Å². The van der Waals surface area contributed by atoms with Crippen LogP contribution in [-0.4, -0.2) is 192 Å². The molecule has 2 bridgehead atoms. The molecule has 0 spiro atoms. The van der Waals surface area contributed by atoms with Crippen molar-refractivity contribution >= 4 is 92.4 Å². The maximum absolute atomic E-state index is 15.1. The molecule has 3 aliphatic rings. The number of nitrogens with one attached hydrogen (secondary N) is 11. The summed E-state index contributed by atoms with van der Waals surface area (Å²) < 4.78 is 21.3. The first-order valence-corrected chi connectivity index (χ1v) is 30.4. The van der Waals surface area contributed by atoms with E-state index in [2.05, 4.69) is 58.2 Å². The summed E-state index contributed by atoms with van der Waals surface area (Å²) in [7, 11) is -2.45. The van der Waals surface area contributed by atoms with Crippen LogP contribution in [0, 0.1) is 17.8 Å². The Kier molecular flexibility index (Phi) is 23.7. The number of hydrogen-bond acceptors (Lipinski definition) is 17. The summed E-state index contributed by atoms with van der Waals surface area (Å²) in [6, 6.07) is -0.271. The average Bonchev–Trinajstić information content (AvgIpc) is 4.10. The highest BCUT2D eigenvalue weighted by molar-refractivity contribution is 7.85. The molecule has 0 saturated carbocycles. The lowest BCUT2D eigenvalue weighted by atomic mass is 9.93. The van der Waals surface area contributed by atoms with Crippen molar-refractivity contribution in [3.05, 3.63) is 53.6 Å². The van der Waals surface area contributed by atoms with Crippen LogP contribution in [-0.2, 0) is 76.6 Å². The number of amides is 11. The predicted molar refractivity (Wildman–Crippen MR) is 319 cm³/mol. The van der Waals surface area contributed by atoms with Gasteiger partial charge in [-0.1, -0.05) is 53.2 Å². The Morgan fingerprint density at radius 2 is 1.47 bits per heavy atom. The Hall–Kier alpha value is -8.06. The fourth-order valence-corrected chi connectivity index (χ4v) is 11.6. The number of carbonyl (C=O) groups excluding carboxylic acids is 11. The van der Waals surface area contributed by atoms with Crippen molar-refractivity contribution in [2.75, 3.05) is 37.3 Å². The number of aliphatic hydroxyl groups excluding tert-OH is 3. The molecule has 482 valence electrons. The van der Waals surface area contributed by atoms with Crippen LogP contribution in [0.4, 0.5) is 5.69 Å². The molecule has 13 atom stereocenters. The van der Waals surface area contributed by atoms with Crippen LogP contribution in [0.1, 0.15) is 92.7 Å². The largest absolute Gasteiger partial charge is 0.489 e. The Morgan fingerprint density at radius 3 is 2.09 bits per heavy atom. The molecule has 3 aliphatic heterocycles. The van der Waals surface area contributed by atoms with E-state index in [-0.39, 0.29) is 51.2 Å². The van der Waals surface area contributed by atoms with Crippen LogP contribution in [0.5, 0.6) is 5.75 Å².